The van der Waals surface area contributed by atoms with Gasteiger partial charge in [0.1, 0.15) is 0 Å². The number of carbonyl (C=O) groups is 2. The number of hydrogen-bond acceptors (Lipinski definition) is 6. The van der Waals surface area contributed by atoms with Crippen LogP contribution in [0.1, 0.15) is 23.6 Å². The standard InChI is InChI=1S/C24H21Cl2N3O5S/c25-17-12-20(26)24(27-14-17)28-22(30)15-34-23(31)13-21-19-9-5-4-6-16(19)10-11-29(21)35(32,33)18-7-2-1-3-8-18/h1-9,12,14,21H,10-11,13,15H2,(H,27,28,30)/t21-/m1/s1. The van der Waals surface area contributed by atoms with Crippen LogP contribution in [0, 0.1) is 0 Å². The summed E-state index contributed by atoms with van der Waals surface area (Å²) in [5, 5.41) is 2.89. The lowest BCUT2D eigenvalue weighted by molar-refractivity contribution is -0.148. The van der Waals surface area contributed by atoms with Crippen molar-refractivity contribution >= 4 is 50.9 Å². The minimum Gasteiger partial charge on any atom is -0.456 e. The molecule has 3 aromatic rings. The van der Waals surface area contributed by atoms with Gasteiger partial charge in [-0.05, 0) is 35.7 Å². The summed E-state index contributed by atoms with van der Waals surface area (Å²) < 4.78 is 33.3. The summed E-state index contributed by atoms with van der Waals surface area (Å²) in [5.41, 5.74) is 1.70. The van der Waals surface area contributed by atoms with Gasteiger partial charge in [0, 0.05) is 12.7 Å². The molecule has 1 aromatic heterocycles. The van der Waals surface area contributed by atoms with Crippen molar-refractivity contribution in [3.05, 3.63) is 88.0 Å². The van der Waals surface area contributed by atoms with E-state index in [-0.39, 0.29) is 28.7 Å². The number of sulfonamides is 1. The van der Waals surface area contributed by atoms with Crippen LogP contribution >= 0.6 is 23.2 Å². The van der Waals surface area contributed by atoms with E-state index in [1.807, 2.05) is 12.1 Å². The van der Waals surface area contributed by atoms with Gasteiger partial charge in [0.2, 0.25) is 10.0 Å². The fourth-order valence-corrected chi connectivity index (χ4v) is 5.95. The Balaban J connectivity index is 1.48. The number of pyridine rings is 1. The molecule has 2 heterocycles. The first-order chi connectivity index (χ1) is 16.8. The predicted octanol–water partition coefficient (Wildman–Crippen LogP) is 4.25. The third kappa shape index (κ3) is 5.82. The molecule has 1 aliphatic heterocycles. The molecule has 35 heavy (non-hydrogen) atoms. The highest BCUT2D eigenvalue weighted by atomic mass is 35.5. The first kappa shape index (κ1) is 25.1. The summed E-state index contributed by atoms with van der Waals surface area (Å²) in [6.45, 7) is -0.368. The van der Waals surface area contributed by atoms with E-state index in [1.165, 1.54) is 28.7 Å². The molecule has 4 rings (SSSR count). The minimum absolute atomic E-state index is 0.0819. The van der Waals surface area contributed by atoms with Crippen LogP contribution in [0.2, 0.25) is 10.0 Å². The highest BCUT2D eigenvalue weighted by Gasteiger charge is 2.37. The number of anilines is 1. The summed E-state index contributed by atoms with van der Waals surface area (Å²) in [6.07, 6.45) is 1.58. The third-order valence-corrected chi connectivity index (χ3v) is 7.92. The molecule has 1 aliphatic rings. The average Bonchev–Trinajstić information content (AvgIpc) is 2.85. The van der Waals surface area contributed by atoms with Crippen molar-refractivity contribution in [3.8, 4) is 0 Å². The average molecular weight is 534 g/mol. The maximum absolute atomic E-state index is 13.4. The van der Waals surface area contributed by atoms with E-state index in [0.717, 1.165) is 11.1 Å². The van der Waals surface area contributed by atoms with Gasteiger partial charge >= 0.3 is 5.97 Å². The Morgan fingerprint density at radius 1 is 1.09 bits per heavy atom. The molecule has 2 aromatic carbocycles. The van der Waals surface area contributed by atoms with Crippen molar-refractivity contribution in [2.24, 2.45) is 0 Å². The number of ether oxygens (including phenoxy) is 1. The van der Waals surface area contributed by atoms with E-state index in [0.29, 0.717) is 11.4 Å². The van der Waals surface area contributed by atoms with Crippen LogP contribution < -0.4 is 5.32 Å². The smallest absolute Gasteiger partial charge is 0.308 e. The number of aromatic nitrogens is 1. The van der Waals surface area contributed by atoms with Gasteiger partial charge in [0.05, 0.1) is 27.4 Å². The maximum atomic E-state index is 13.4. The molecule has 182 valence electrons. The number of halogens is 2. The molecule has 1 N–H and O–H groups in total. The van der Waals surface area contributed by atoms with E-state index in [1.54, 1.807) is 30.3 Å². The van der Waals surface area contributed by atoms with Gasteiger partial charge in [0.25, 0.3) is 5.91 Å². The normalized spacial score (nSPS) is 15.8. The Morgan fingerprint density at radius 3 is 2.54 bits per heavy atom. The van der Waals surface area contributed by atoms with Gasteiger partial charge in [-0.3, -0.25) is 9.59 Å². The summed E-state index contributed by atoms with van der Waals surface area (Å²) in [4.78, 5) is 29.0. The van der Waals surface area contributed by atoms with Gasteiger partial charge < -0.3 is 10.1 Å². The molecule has 0 saturated carbocycles. The van der Waals surface area contributed by atoms with E-state index in [9.17, 15) is 18.0 Å². The number of nitrogens with zero attached hydrogens (tertiary/aromatic N) is 2. The molecule has 0 bridgehead atoms. The quantitative estimate of drug-likeness (QED) is 0.455. The van der Waals surface area contributed by atoms with Crippen molar-refractivity contribution in [1.82, 2.24) is 9.29 Å². The fourth-order valence-electron chi connectivity index (χ4n) is 3.89. The number of fused-ring (bicyclic) bond motifs is 1. The number of amides is 1. The fraction of sp³-hybridized carbons (Fsp3) is 0.208. The summed E-state index contributed by atoms with van der Waals surface area (Å²) in [7, 11) is -3.87. The number of esters is 1. The second kappa shape index (κ2) is 10.7. The zero-order chi connectivity index (χ0) is 25.0. The van der Waals surface area contributed by atoms with Gasteiger partial charge in [-0.25, -0.2) is 13.4 Å². The predicted molar refractivity (Wildman–Crippen MR) is 132 cm³/mol. The number of nitrogens with one attached hydrogen (secondary N) is 1. The van der Waals surface area contributed by atoms with Crippen LogP contribution in [0.25, 0.3) is 0 Å². The third-order valence-electron chi connectivity index (χ3n) is 5.50. The van der Waals surface area contributed by atoms with E-state index < -0.39 is 34.5 Å². The van der Waals surface area contributed by atoms with Crippen LogP contribution in [-0.4, -0.2) is 42.7 Å². The van der Waals surface area contributed by atoms with Crippen LogP contribution in [0.5, 0.6) is 0 Å². The van der Waals surface area contributed by atoms with Gasteiger partial charge in [-0.1, -0.05) is 65.7 Å². The molecule has 8 nitrogen and oxygen atoms in total. The lowest BCUT2D eigenvalue weighted by Crippen LogP contribution is -2.41. The van der Waals surface area contributed by atoms with Crippen LogP contribution in [-0.2, 0) is 30.8 Å². The summed E-state index contributed by atoms with van der Waals surface area (Å²) in [6, 6.07) is 16.1. The molecular weight excluding hydrogens is 513 g/mol. The summed E-state index contributed by atoms with van der Waals surface area (Å²) in [5.74, 6) is -1.28. The van der Waals surface area contributed by atoms with Gasteiger partial charge in [-0.2, -0.15) is 4.31 Å². The molecule has 0 radical (unpaired) electrons. The minimum atomic E-state index is -3.87. The molecule has 0 aliphatic carbocycles. The summed E-state index contributed by atoms with van der Waals surface area (Å²) >= 11 is 11.8. The molecule has 1 atom stereocenters. The van der Waals surface area contributed by atoms with E-state index in [4.69, 9.17) is 27.9 Å². The first-order valence-electron chi connectivity index (χ1n) is 10.7. The van der Waals surface area contributed by atoms with Gasteiger partial charge in [0.15, 0.2) is 12.4 Å². The molecule has 0 saturated heterocycles. The molecule has 0 unspecified atom stereocenters. The second-order valence-corrected chi connectivity index (χ2v) is 10.5. The number of hydrogen-bond donors (Lipinski definition) is 1. The monoisotopic (exact) mass is 533 g/mol. The Hall–Kier alpha value is -2.98. The lowest BCUT2D eigenvalue weighted by Gasteiger charge is -2.36. The molecule has 11 heteroatoms. The number of benzene rings is 2. The van der Waals surface area contributed by atoms with Crippen molar-refractivity contribution in [2.45, 2.75) is 23.8 Å². The van der Waals surface area contributed by atoms with E-state index >= 15 is 0 Å². The zero-order valence-corrected chi connectivity index (χ0v) is 20.7. The Morgan fingerprint density at radius 2 is 1.80 bits per heavy atom. The van der Waals surface area contributed by atoms with Crippen molar-refractivity contribution in [3.63, 3.8) is 0 Å². The highest BCUT2D eigenvalue weighted by molar-refractivity contribution is 7.89. The molecule has 0 fully saturated rings. The molecule has 1 amide bonds. The Labute approximate surface area is 212 Å². The zero-order valence-electron chi connectivity index (χ0n) is 18.4. The number of carbonyl (C=O) groups excluding carboxylic acids is 2. The Bertz CT molecular complexity index is 1350. The SMILES string of the molecule is O=C(COC(=O)C[C@@H]1c2ccccc2CCN1S(=O)(=O)c1ccccc1)Nc1ncc(Cl)cc1Cl. The number of rotatable bonds is 7. The van der Waals surface area contributed by atoms with Crippen molar-refractivity contribution in [1.29, 1.82) is 0 Å². The van der Waals surface area contributed by atoms with Crippen molar-refractivity contribution < 1.29 is 22.7 Å². The second-order valence-electron chi connectivity index (χ2n) is 7.79. The van der Waals surface area contributed by atoms with Crippen LogP contribution in [0.3, 0.4) is 0 Å². The topological polar surface area (TPSA) is 106 Å². The maximum Gasteiger partial charge on any atom is 0.308 e. The van der Waals surface area contributed by atoms with Crippen LogP contribution in [0.15, 0.2) is 71.8 Å². The largest absolute Gasteiger partial charge is 0.456 e. The van der Waals surface area contributed by atoms with Gasteiger partial charge in [-0.15, -0.1) is 0 Å². The molecule has 0 spiro atoms. The van der Waals surface area contributed by atoms with Crippen LogP contribution in [0.4, 0.5) is 5.82 Å². The van der Waals surface area contributed by atoms with Crippen molar-refractivity contribution in [2.75, 3.05) is 18.5 Å². The lowest BCUT2D eigenvalue weighted by atomic mass is 9.92. The molecular formula is C24H21Cl2N3O5S. The van der Waals surface area contributed by atoms with E-state index in [2.05, 4.69) is 10.3 Å². The first-order valence-corrected chi connectivity index (χ1v) is 12.9. The Kier molecular flexibility index (Phi) is 7.71. The highest BCUT2D eigenvalue weighted by Crippen LogP contribution is 2.36.